The summed E-state index contributed by atoms with van der Waals surface area (Å²) in [7, 11) is -1.04. The van der Waals surface area contributed by atoms with Gasteiger partial charge in [-0.3, -0.25) is 4.79 Å². The van der Waals surface area contributed by atoms with Gasteiger partial charge in [-0.15, -0.1) is 0 Å². The second kappa shape index (κ2) is 9.70. The summed E-state index contributed by atoms with van der Waals surface area (Å²) in [5.41, 5.74) is 0.475. The molecular weight excluding hydrogens is 384 g/mol. The van der Waals surface area contributed by atoms with Crippen molar-refractivity contribution in [3.63, 3.8) is 0 Å². The van der Waals surface area contributed by atoms with Crippen molar-refractivity contribution in [2.45, 2.75) is 24.7 Å². The van der Waals surface area contributed by atoms with Crippen LogP contribution in [0.15, 0.2) is 29.2 Å². The molecule has 8 nitrogen and oxygen atoms in total. The number of piperidine rings is 1. The van der Waals surface area contributed by atoms with Gasteiger partial charge in [0.1, 0.15) is 10.6 Å². The van der Waals surface area contributed by atoms with Crippen LogP contribution < -0.4 is 9.46 Å². The minimum absolute atomic E-state index is 0.0394. The maximum atomic E-state index is 12.1. The first-order chi connectivity index (χ1) is 13.3. The second-order valence-corrected chi connectivity index (χ2v) is 8.50. The van der Waals surface area contributed by atoms with E-state index in [1.54, 1.807) is 11.0 Å². The van der Waals surface area contributed by atoms with E-state index < -0.39 is 16.0 Å². The molecule has 9 heteroatoms. The van der Waals surface area contributed by atoms with Crippen LogP contribution >= 0.6 is 0 Å². The molecule has 1 saturated heterocycles. The monoisotopic (exact) mass is 410 g/mol. The van der Waals surface area contributed by atoms with E-state index in [-0.39, 0.29) is 23.2 Å². The van der Waals surface area contributed by atoms with Crippen LogP contribution in [0.25, 0.3) is 6.08 Å². The van der Waals surface area contributed by atoms with E-state index in [2.05, 4.69) is 11.6 Å². The molecule has 0 saturated carbocycles. The van der Waals surface area contributed by atoms with Crippen LogP contribution in [0.5, 0.6) is 5.75 Å². The highest BCUT2D eigenvalue weighted by atomic mass is 32.2. The number of nitrogens with zero attached hydrogens (tertiary/aromatic N) is 1. The number of likely N-dealkylation sites (tertiary alicyclic amines) is 1. The van der Waals surface area contributed by atoms with Gasteiger partial charge in [0, 0.05) is 19.2 Å². The van der Waals surface area contributed by atoms with Crippen LogP contribution in [-0.4, -0.2) is 59.0 Å². The normalized spacial score (nSPS) is 17.5. The lowest BCUT2D eigenvalue weighted by atomic mass is 10.0. The summed E-state index contributed by atoms with van der Waals surface area (Å²) >= 11 is 0. The van der Waals surface area contributed by atoms with Crippen LogP contribution in [0.2, 0.25) is 0 Å². The Morgan fingerprint density at radius 3 is 2.75 bits per heavy atom. The number of hydrogen-bond acceptors (Lipinski definition) is 6. The Kier molecular flexibility index (Phi) is 7.59. The molecule has 1 fully saturated rings. The zero-order valence-corrected chi connectivity index (χ0v) is 17.1. The largest absolute Gasteiger partial charge is 0.495 e. The average molecular weight is 410 g/mol. The summed E-state index contributed by atoms with van der Waals surface area (Å²) in [5.74, 6) is -0.241. The summed E-state index contributed by atoms with van der Waals surface area (Å²) in [6.07, 6.45) is 4.63. The molecule has 0 unspecified atom stereocenters. The number of carbonyl (C=O) groups is 2. The Labute approximate surface area is 165 Å². The van der Waals surface area contributed by atoms with E-state index in [4.69, 9.17) is 9.47 Å². The molecule has 1 heterocycles. The van der Waals surface area contributed by atoms with Crippen LogP contribution in [0.1, 0.15) is 25.3 Å². The lowest BCUT2D eigenvalue weighted by Gasteiger charge is -2.30. The standard InChI is InChI=1S/C19H26N2O6S/c1-14-5-4-10-21(12-14)18(22)13-27-19(23)9-7-15-6-8-16(26-3)17(11-15)28(24,25)20-2/h6-9,11,14,20H,4-5,10,12-13H2,1-3H3/b9-7+/t14-/m0/s1. The third-order valence-corrected chi connectivity index (χ3v) is 5.94. The molecule has 0 aromatic heterocycles. The van der Waals surface area contributed by atoms with E-state index >= 15 is 0 Å². The lowest BCUT2D eigenvalue weighted by molar-refractivity contribution is -0.149. The first-order valence-electron chi connectivity index (χ1n) is 9.01. The highest BCUT2D eigenvalue weighted by molar-refractivity contribution is 7.89. The molecule has 0 bridgehead atoms. The molecule has 0 spiro atoms. The van der Waals surface area contributed by atoms with Crippen LogP contribution in [0.4, 0.5) is 0 Å². The lowest BCUT2D eigenvalue weighted by Crippen LogP contribution is -2.41. The minimum atomic E-state index is -3.72. The first kappa shape index (κ1) is 21.9. The predicted octanol–water partition coefficient (Wildman–Crippen LogP) is 1.42. The van der Waals surface area contributed by atoms with Crippen LogP contribution in [-0.2, 0) is 24.3 Å². The first-order valence-corrected chi connectivity index (χ1v) is 10.5. The van der Waals surface area contributed by atoms with Gasteiger partial charge in [0.05, 0.1) is 7.11 Å². The number of amides is 1. The number of carbonyl (C=O) groups excluding carboxylic acids is 2. The van der Waals surface area contributed by atoms with Gasteiger partial charge in [0.15, 0.2) is 6.61 Å². The molecule has 0 aliphatic carbocycles. The highest BCUT2D eigenvalue weighted by Gasteiger charge is 2.21. The number of methoxy groups -OCH3 is 1. The predicted molar refractivity (Wildman–Crippen MR) is 104 cm³/mol. The summed E-state index contributed by atoms with van der Waals surface area (Å²) in [4.78, 5) is 25.7. The maximum Gasteiger partial charge on any atom is 0.331 e. The summed E-state index contributed by atoms with van der Waals surface area (Å²) in [5, 5.41) is 0. The fourth-order valence-electron chi connectivity index (χ4n) is 2.97. The third kappa shape index (κ3) is 5.80. The number of sulfonamides is 1. The summed E-state index contributed by atoms with van der Waals surface area (Å²) < 4.78 is 36.4. The fraction of sp³-hybridized carbons (Fsp3) is 0.474. The Balaban J connectivity index is 1.98. The smallest absolute Gasteiger partial charge is 0.331 e. The molecular formula is C19H26N2O6S. The topological polar surface area (TPSA) is 102 Å². The molecule has 1 amide bonds. The molecule has 1 N–H and O–H groups in total. The van der Waals surface area contributed by atoms with Gasteiger partial charge in [-0.1, -0.05) is 13.0 Å². The maximum absolute atomic E-state index is 12.1. The average Bonchev–Trinajstić information content (AvgIpc) is 2.70. The fourth-order valence-corrected chi connectivity index (χ4v) is 3.90. The van der Waals surface area contributed by atoms with Gasteiger partial charge in [-0.05, 0) is 49.6 Å². The third-order valence-electron chi connectivity index (χ3n) is 4.51. The van der Waals surface area contributed by atoms with E-state index in [9.17, 15) is 18.0 Å². The van der Waals surface area contributed by atoms with E-state index in [0.29, 0.717) is 24.6 Å². The second-order valence-electron chi connectivity index (χ2n) is 6.65. The molecule has 1 aliphatic rings. The van der Waals surface area contributed by atoms with Crippen molar-refractivity contribution in [2.75, 3.05) is 33.9 Å². The molecule has 2 rings (SSSR count). The van der Waals surface area contributed by atoms with Crippen molar-refractivity contribution in [3.05, 3.63) is 29.8 Å². The Hall–Kier alpha value is -2.39. The molecule has 1 aromatic carbocycles. The Morgan fingerprint density at radius 2 is 2.11 bits per heavy atom. The number of esters is 1. The number of hydrogen-bond donors (Lipinski definition) is 1. The van der Waals surface area contributed by atoms with Gasteiger partial charge >= 0.3 is 5.97 Å². The zero-order chi connectivity index (χ0) is 20.7. The highest BCUT2D eigenvalue weighted by Crippen LogP contribution is 2.25. The molecule has 0 radical (unpaired) electrons. The number of nitrogens with one attached hydrogen (secondary N) is 1. The quantitative estimate of drug-likeness (QED) is 0.539. The Morgan fingerprint density at radius 1 is 1.36 bits per heavy atom. The molecule has 1 atom stereocenters. The molecule has 28 heavy (non-hydrogen) atoms. The molecule has 154 valence electrons. The van der Waals surface area contributed by atoms with Gasteiger partial charge in [-0.2, -0.15) is 0 Å². The van der Waals surface area contributed by atoms with E-state index in [1.165, 1.54) is 32.4 Å². The van der Waals surface area contributed by atoms with Crippen molar-refractivity contribution in [1.29, 1.82) is 0 Å². The van der Waals surface area contributed by atoms with Crippen molar-refractivity contribution >= 4 is 28.0 Å². The molecule has 1 aliphatic heterocycles. The van der Waals surface area contributed by atoms with Crippen molar-refractivity contribution in [2.24, 2.45) is 5.92 Å². The van der Waals surface area contributed by atoms with E-state index in [0.717, 1.165) is 18.9 Å². The SMILES string of the molecule is CNS(=O)(=O)c1cc(/C=C/C(=O)OCC(=O)N2CCC[C@H](C)C2)ccc1OC. The molecule has 1 aromatic rings. The van der Waals surface area contributed by atoms with Crippen molar-refractivity contribution < 1.29 is 27.5 Å². The number of ether oxygens (including phenoxy) is 2. The Bertz CT molecular complexity index is 850. The van der Waals surface area contributed by atoms with Crippen molar-refractivity contribution in [3.8, 4) is 5.75 Å². The van der Waals surface area contributed by atoms with Crippen LogP contribution in [0, 0.1) is 5.92 Å². The number of benzene rings is 1. The minimum Gasteiger partial charge on any atom is -0.495 e. The van der Waals surface area contributed by atoms with Gasteiger partial charge in [-0.25, -0.2) is 17.9 Å². The zero-order valence-electron chi connectivity index (χ0n) is 16.3. The summed E-state index contributed by atoms with van der Waals surface area (Å²) in [6, 6.07) is 4.49. The van der Waals surface area contributed by atoms with Gasteiger partial charge in [0.2, 0.25) is 10.0 Å². The van der Waals surface area contributed by atoms with Gasteiger partial charge < -0.3 is 14.4 Å². The van der Waals surface area contributed by atoms with E-state index in [1.807, 2.05) is 0 Å². The van der Waals surface area contributed by atoms with Crippen molar-refractivity contribution in [1.82, 2.24) is 9.62 Å². The van der Waals surface area contributed by atoms with Gasteiger partial charge in [0.25, 0.3) is 5.91 Å². The van der Waals surface area contributed by atoms with Crippen LogP contribution in [0.3, 0.4) is 0 Å². The number of rotatable bonds is 7. The summed E-state index contributed by atoms with van der Waals surface area (Å²) in [6.45, 7) is 3.15.